The second-order valence-electron chi connectivity index (χ2n) is 5.99. The Bertz CT molecular complexity index is 469. The highest BCUT2D eigenvalue weighted by Crippen LogP contribution is 2.42. The van der Waals surface area contributed by atoms with Crippen LogP contribution in [0.25, 0.3) is 0 Å². The van der Waals surface area contributed by atoms with E-state index in [9.17, 15) is 0 Å². The van der Waals surface area contributed by atoms with Gasteiger partial charge >= 0.3 is 0 Å². The molecule has 104 valence electrons. The normalized spacial score (nSPS) is 20.4. The van der Waals surface area contributed by atoms with Crippen molar-refractivity contribution in [3.05, 3.63) is 22.8 Å². The molecule has 1 N–H and O–H groups in total. The van der Waals surface area contributed by atoms with Crippen LogP contribution in [0.1, 0.15) is 61.5 Å². The van der Waals surface area contributed by atoms with Crippen LogP contribution in [0.2, 0.25) is 0 Å². The van der Waals surface area contributed by atoms with E-state index >= 15 is 0 Å². The van der Waals surface area contributed by atoms with Gasteiger partial charge in [0, 0.05) is 38.1 Å². The van der Waals surface area contributed by atoms with Gasteiger partial charge in [0.2, 0.25) is 0 Å². The molecule has 1 fully saturated rings. The van der Waals surface area contributed by atoms with Crippen molar-refractivity contribution < 1.29 is 4.74 Å². The van der Waals surface area contributed by atoms with Crippen molar-refractivity contribution in [3.8, 4) is 0 Å². The summed E-state index contributed by atoms with van der Waals surface area (Å²) in [5, 5.41) is 3.44. The lowest BCUT2D eigenvalue weighted by Gasteiger charge is -2.24. The molecule has 1 saturated carbocycles. The molecule has 0 saturated heterocycles. The molecule has 1 unspecified atom stereocenters. The quantitative estimate of drug-likeness (QED) is 0.903. The van der Waals surface area contributed by atoms with Crippen LogP contribution in [0.3, 0.4) is 0 Å². The van der Waals surface area contributed by atoms with Crippen LogP contribution in [0.4, 0.5) is 0 Å². The van der Waals surface area contributed by atoms with Crippen molar-refractivity contribution in [1.82, 2.24) is 15.3 Å². The summed E-state index contributed by atoms with van der Waals surface area (Å²) in [5.41, 5.74) is 3.89. The van der Waals surface area contributed by atoms with Crippen LogP contribution in [-0.2, 0) is 17.7 Å². The minimum Gasteiger partial charge on any atom is -0.373 e. The number of fused-ring (bicyclic) bond motifs is 1. The summed E-state index contributed by atoms with van der Waals surface area (Å²) in [6.07, 6.45) is 3.58. The second kappa shape index (κ2) is 5.17. The van der Waals surface area contributed by atoms with Crippen molar-refractivity contribution >= 4 is 0 Å². The zero-order valence-electron chi connectivity index (χ0n) is 12.1. The third-order valence-corrected chi connectivity index (χ3v) is 4.06. The standard InChI is InChI=1S/C15H23N3O/c1-9(2)14(19-3)15-17-12-6-7-16-8-11(12)13(18-15)10-4-5-10/h9-10,14,16H,4-8H2,1-3H3. The maximum atomic E-state index is 5.60. The summed E-state index contributed by atoms with van der Waals surface area (Å²) >= 11 is 0. The Kier molecular flexibility index (Phi) is 3.54. The first kappa shape index (κ1) is 13.0. The van der Waals surface area contributed by atoms with Gasteiger partial charge in [-0.1, -0.05) is 13.8 Å². The van der Waals surface area contributed by atoms with Gasteiger partial charge in [-0.3, -0.25) is 0 Å². The molecular formula is C15H23N3O. The highest BCUT2D eigenvalue weighted by atomic mass is 16.5. The third-order valence-electron chi connectivity index (χ3n) is 4.06. The maximum Gasteiger partial charge on any atom is 0.157 e. The first-order valence-electron chi connectivity index (χ1n) is 7.33. The van der Waals surface area contributed by atoms with Crippen LogP contribution in [0.15, 0.2) is 0 Å². The van der Waals surface area contributed by atoms with Crippen LogP contribution >= 0.6 is 0 Å². The van der Waals surface area contributed by atoms with Crippen LogP contribution < -0.4 is 5.32 Å². The lowest BCUT2D eigenvalue weighted by Crippen LogP contribution is -2.28. The Labute approximate surface area is 115 Å². The van der Waals surface area contributed by atoms with Crippen molar-refractivity contribution in [1.29, 1.82) is 0 Å². The minimum absolute atomic E-state index is 0.0117. The summed E-state index contributed by atoms with van der Waals surface area (Å²) in [7, 11) is 1.76. The Morgan fingerprint density at radius 3 is 2.68 bits per heavy atom. The smallest absolute Gasteiger partial charge is 0.157 e. The lowest BCUT2D eigenvalue weighted by molar-refractivity contribution is 0.0570. The molecule has 0 radical (unpaired) electrons. The third kappa shape index (κ3) is 2.51. The summed E-state index contributed by atoms with van der Waals surface area (Å²) < 4.78 is 5.60. The molecule has 1 aliphatic heterocycles. The Balaban J connectivity index is 2.03. The van der Waals surface area contributed by atoms with E-state index in [1.165, 1.54) is 29.8 Å². The van der Waals surface area contributed by atoms with Gasteiger partial charge < -0.3 is 10.1 Å². The fourth-order valence-electron chi connectivity index (χ4n) is 2.89. The zero-order chi connectivity index (χ0) is 13.4. The van der Waals surface area contributed by atoms with Crippen molar-refractivity contribution in [3.63, 3.8) is 0 Å². The molecule has 3 rings (SSSR count). The fraction of sp³-hybridized carbons (Fsp3) is 0.733. The highest BCUT2D eigenvalue weighted by Gasteiger charge is 2.32. The minimum atomic E-state index is 0.0117. The number of hydrogen-bond donors (Lipinski definition) is 1. The first-order valence-corrected chi connectivity index (χ1v) is 7.33. The van der Waals surface area contributed by atoms with Gasteiger partial charge in [-0.05, 0) is 18.8 Å². The monoisotopic (exact) mass is 261 g/mol. The molecule has 1 aromatic rings. The van der Waals surface area contributed by atoms with Gasteiger partial charge in [0.25, 0.3) is 0 Å². The number of ether oxygens (including phenoxy) is 1. The van der Waals surface area contributed by atoms with Gasteiger partial charge in [-0.2, -0.15) is 0 Å². The number of aromatic nitrogens is 2. The van der Waals surface area contributed by atoms with Gasteiger partial charge in [0.15, 0.2) is 5.82 Å². The average Bonchev–Trinajstić information content (AvgIpc) is 3.22. The Morgan fingerprint density at radius 1 is 1.26 bits per heavy atom. The number of hydrogen-bond acceptors (Lipinski definition) is 4. The number of nitrogens with one attached hydrogen (secondary N) is 1. The van der Waals surface area contributed by atoms with E-state index in [0.29, 0.717) is 11.8 Å². The fourth-order valence-corrected chi connectivity index (χ4v) is 2.89. The largest absolute Gasteiger partial charge is 0.373 e. The van der Waals surface area contributed by atoms with E-state index in [2.05, 4.69) is 19.2 Å². The molecule has 1 aliphatic carbocycles. The summed E-state index contributed by atoms with van der Waals surface area (Å²) in [6, 6.07) is 0. The van der Waals surface area contributed by atoms with Crippen molar-refractivity contribution in [2.75, 3.05) is 13.7 Å². The second-order valence-corrected chi connectivity index (χ2v) is 5.99. The van der Waals surface area contributed by atoms with Crippen LogP contribution in [0, 0.1) is 5.92 Å². The van der Waals surface area contributed by atoms with Gasteiger partial charge in [-0.15, -0.1) is 0 Å². The maximum absolute atomic E-state index is 5.60. The topological polar surface area (TPSA) is 47.0 Å². The summed E-state index contributed by atoms with van der Waals surface area (Å²) in [5.74, 6) is 1.96. The van der Waals surface area contributed by atoms with E-state index in [4.69, 9.17) is 14.7 Å². The van der Waals surface area contributed by atoms with E-state index in [0.717, 1.165) is 25.3 Å². The van der Waals surface area contributed by atoms with E-state index in [1.807, 2.05) is 0 Å². The molecule has 0 spiro atoms. The molecule has 4 heteroatoms. The van der Waals surface area contributed by atoms with E-state index in [-0.39, 0.29) is 6.10 Å². The molecule has 1 atom stereocenters. The van der Waals surface area contributed by atoms with E-state index < -0.39 is 0 Å². The number of methoxy groups -OCH3 is 1. The molecule has 0 aromatic carbocycles. The zero-order valence-corrected chi connectivity index (χ0v) is 12.1. The first-order chi connectivity index (χ1) is 9.20. The van der Waals surface area contributed by atoms with E-state index in [1.54, 1.807) is 7.11 Å². The van der Waals surface area contributed by atoms with Gasteiger partial charge in [0.05, 0.1) is 11.4 Å². The van der Waals surface area contributed by atoms with Crippen LogP contribution in [-0.4, -0.2) is 23.6 Å². The van der Waals surface area contributed by atoms with Crippen molar-refractivity contribution in [2.45, 2.75) is 51.7 Å². The number of nitrogens with zero attached hydrogens (tertiary/aromatic N) is 2. The SMILES string of the molecule is COC(c1nc2c(c(C3CC3)n1)CNCC2)C(C)C. The highest BCUT2D eigenvalue weighted by molar-refractivity contribution is 5.33. The molecule has 4 nitrogen and oxygen atoms in total. The molecule has 0 amide bonds. The molecule has 19 heavy (non-hydrogen) atoms. The summed E-state index contributed by atoms with van der Waals surface area (Å²) in [6.45, 7) is 6.28. The Hall–Kier alpha value is -1.00. The molecule has 1 aromatic heterocycles. The van der Waals surface area contributed by atoms with Crippen molar-refractivity contribution in [2.24, 2.45) is 5.92 Å². The van der Waals surface area contributed by atoms with Gasteiger partial charge in [0.1, 0.15) is 6.10 Å². The van der Waals surface area contributed by atoms with Gasteiger partial charge in [-0.25, -0.2) is 9.97 Å². The molecule has 2 heterocycles. The lowest BCUT2D eigenvalue weighted by atomic mass is 10.0. The Morgan fingerprint density at radius 2 is 2.05 bits per heavy atom. The summed E-state index contributed by atoms with van der Waals surface area (Å²) in [4.78, 5) is 9.66. The molecule has 2 aliphatic rings. The van der Waals surface area contributed by atoms with Crippen LogP contribution in [0.5, 0.6) is 0 Å². The average molecular weight is 261 g/mol. The molecule has 0 bridgehead atoms. The predicted molar refractivity (Wildman–Crippen MR) is 74.0 cm³/mol. The predicted octanol–water partition coefficient (Wildman–Crippen LogP) is 2.34. The number of rotatable bonds is 4. The molecular weight excluding hydrogens is 238 g/mol.